The van der Waals surface area contributed by atoms with E-state index in [1.807, 2.05) is 55.5 Å². The van der Waals surface area contributed by atoms with E-state index in [-0.39, 0.29) is 0 Å². The van der Waals surface area contributed by atoms with Crippen molar-refractivity contribution >= 4 is 28.7 Å². The van der Waals surface area contributed by atoms with Gasteiger partial charge in [-0.1, -0.05) is 41.7 Å². The van der Waals surface area contributed by atoms with Crippen LogP contribution in [0.5, 0.6) is 11.5 Å². The molecule has 0 aliphatic rings. The lowest BCUT2D eigenvalue weighted by Gasteiger charge is -2.09. The van der Waals surface area contributed by atoms with Crippen LogP contribution >= 0.6 is 11.3 Å². The Morgan fingerprint density at radius 3 is 2.66 bits per heavy atom. The highest BCUT2D eigenvalue weighted by molar-refractivity contribution is 7.17. The van der Waals surface area contributed by atoms with Crippen molar-refractivity contribution < 1.29 is 19.0 Å². The number of thiazole rings is 1. The van der Waals surface area contributed by atoms with E-state index in [1.54, 1.807) is 13.3 Å². The molecule has 1 N–H and O–H groups in total. The number of nitrogens with zero attached hydrogens (tertiary/aromatic N) is 2. The molecule has 0 amide bonds. The summed E-state index contributed by atoms with van der Waals surface area (Å²) in [5.41, 5.74) is 5.10. The first-order valence-corrected chi connectivity index (χ1v) is 9.72. The van der Waals surface area contributed by atoms with E-state index in [4.69, 9.17) is 14.2 Å². The van der Waals surface area contributed by atoms with Crippen molar-refractivity contribution in [2.24, 2.45) is 5.10 Å². The minimum absolute atomic E-state index is 0.416. The first-order chi connectivity index (χ1) is 14.2. The van der Waals surface area contributed by atoms with Crippen LogP contribution in [0.3, 0.4) is 0 Å². The number of hydrogen-bond donors (Lipinski definition) is 1. The number of anilines is 1. The van der Waals surface area contributed by atoms with Crippen molar-refractivity contribution in [3.05, 3.63) is 59.0 Å². The minimum Gasteiger partial charge on any atom is -0.493 e. The van der Waals surface area contributed by atoms with E-state index >= 15 is 0 Å². The van der Waals surface area contributed by atoms with Crippen LogP contribution in [0.25, 0.3) is 11.3 Å². The van der Waals surface area contributed by atoms with E-state index in [0.29, 0.717) is 33.8 Å². The van der Waals surface area contributed by atoms with Crippen LogP contribution in [0.15, 0.2) is 53.6 Å². The molecular formula is C21H21N3O4S. The molecule has 29 heavy (non-hydrogen) atoms. The molecule has 0 unspecified atom stereocenters. The zero-order valence-corrected chi connectivity index (χ0v) is 17.2. The number of hydrazone groups is 1. The average molecular weight is 411 g/mol. The Hall–Kier alpha value is -3.39. The van der Waals surface area contributed by atoms with Gasteiger partial charge in [-0.2, -0.15) is 5.10 Å². The lowest BCUT2D eigenvalue weighted by atomic mass is 10.1. The number of methoxy groups -OCH3 is 2. The standard InChI is InChI=1S/C21H21N3O4S/c1-4-28-17-12-14(10-11-16(17)26-2)13-22-24-21-23-18(15-8-6-5-7-9-15)19(29-21)20(25)27-3/h5-13H,4H2,1-3H3,(H,23,24)/b22-13-. The summed E-state index contributed by atoms with van der Waals surface area (Å²) in [6.07, 6.45) is 1.64. The molecule has 1 aromatic heterocycles. The Labute approximate surface area is 173 Å². The highest BCUT2D eigenvalue weighted by atomic mass is 32.1. The molecule has 0 fully saturated rings. The highest BCUT2D eigenvalue weighted by Crippen LogP contribution is 2.32. The molecular weight excluding hydrogens is 390 g/mol. The normalized spacial score (nSPS) is 10.7. The average Bonchev–Trinajstić information content (AvgIpc) is 3.18. The molecule has 7 nitrogen and oxygen atoms in total. The van der Waals surface area contributed by atoms with Crippen molar-refractivity contribution in [2.45, 2.75) is 6.92 Å². The number of esters is 1. The predicted octanol–water partition coefficient (Wildman–Crippen LogP) is 4.45. The van der Waals surface area contributed by atoms with Gasteiger partial charge in [0.25, 0.3) is 0 Å². The molecule has 8 heteroatoms. The molecule has 0 saturated carbocycles. The third kappa shape index (κ3) is 4.91. The highest BCUT2D eigenvalue weighted by Gasteiger charge is 2.19. The fourth-order valence-corrected chi connectivity index (χ4v) is 3.45. The van der Waals surface area contributed by atoms with Crippen LogP contribution in [0.1, 0.15) is 22.2 Å². The number of ether oxygens (including phenoxy) is 3. The van der Waals surface area contributed by atoms with Gasteiger partial charge in [0.05, 0.1) is 32.7 Å². The zero-order valence-electron chi connectivity index (χ0n) is 16.3. The SMILES string of the molecule is CCOc1cc(/C=N\Nc2nc(-c3ccccc3)c(C(=O)OC)s2)ccc1OC. The molecule has 0 bridgehead atoms. The van der Waals surface area contributed by atoms with E-state index in [0.717, 1.165) is 11.1 Å². The molecule has 0 aliphatic heterocycles. The Kier molecular flexibility index (Phi) is 6.80. The summed E-state index contributed by atoms with van der Waals surface area (Å²) in [5, 5.41) is 4.71. The topological polar surface area (TPSA) is 82.0 Å². The van der Waals surface area contributed by atoms with E-state index in [2.05, 4.69) is 15.5 Å². The monoisotopic (exact) mass is 411 g/mol. The predicted molar refractivity (Wildman–Crippen MR) is 114 cm³/mol. The minimum atomic E-state index is -0.435. The number of carbonyl (C=O) groups is 1. The Morgan fingerprint density at radius 2 is 1.97 bits per heavy atom. The van der Waals surface area contributed by atoms with Crippen LogP contribution in [-0.4, -0.2) is 38.0 Å². The molecule has 150 valence electrons. The van der Waals surface area contributed by atoms with Crippen molar-refractivity contribution in [2.75, 3.05) is 26.3 Å². The van der Waals surface area contributed by atoms with Gasteiger partial charge in [0.2, 0.25) is 5.13 Å². The smallest absolute Gasteiger partial charge is 0.350 e. The fourth-order valence-electron chi connectivity index (χ4n) is 2.59. The number of hydrogen-bond acceptors (Lipinski definition) is 8. The van der Waals surface area contributed by atoms with Gasteiger partial charge in [-0.3, -0.25) is 5.43 Å². The Bertz CT molecular complexity index is 1000. The summed E-state index contributed by atoms with van der Waals surface area (Å²) in [7, 11) is 2.95. The Balaban J connectivity index is 1.81. The van der Waals surface area contributed by atoms with Gasteiger partial charge in [-0.25, -0.2) is 9.78 Å². The third-order valence-electron chi connectivity index (χ3n) is 3.91. The number of rotatable bonds is 8. The summed E-state index contributed by atoms with van der Waals surface area (Å²) in [6.45, 7) is 2.44. The molecule has 0 atom stereocenters. The lowest BCUT2D eigenvalue weighted by Crippen LogP contribution is -2.00. The lowest BCUT2D eigenvalue weighted by molar-refractivity contribution is 0.0607. The van der Waals surface area contributed by atoms with Crippen LogP contribution in [0.2, 0.25) is 0 Å². The zero-order chi connectivity index (χ0) is 20.6. The molecule has 0 aliphatic carbocycles. The first-order valence-electron chi connectivity index (χ1n) is 8.90. The van der Waals surface area contributed by atoms with Crippen LogP contribution in [-0.2, 0) is 4.74 Å². The number of aromatic nitrogens is 1. The molecule has 2 aromatic carbocycles. The van der Waals surface area contributed by atoms with Gasteiger partial charge >= 0.3 is 5.97 Å². The second kappa shape index (κ2) is 9.70. The fraction of sp³-hybridized carbons (Fsp3) is 0.190. The van der Waals surface area contributed by atoms with Gasteiger partial charge in [0, 0.05) is 5.56 Å². The molecule has 0 spiro atoms. The van der Waals surface area contributed by atoms with Gasteiger partial charge < -0.3 is 14.2 Å². The quantitative estimate of drug-likeness (QED) is 0.335. The van der Waals surface area contributed by atoms with Crippen molar-refractivity contribution in [1.29, 1.82) is 0 Å². The van der Waals surface area contributed by atoms with E-state index in [9.17, 15) is 4.79 Å². The molecule has 0 radical (unpaired) electrons. The summed E-state index contributed by atoms with van der Waals surface area (Å²) in [5.74, 6) is 0.870. The largest absolute Gasteiger partial charge is 0.493 e. The van der Waals surface area contributed by atoms with Crippen molar-refractivity contribution in [1.82, 2.24) is 4.98 Å². The summed E-state index contributed by atoms with van der Waals surface area (Å²) in [4.78, 5) is 17.1. The van der Waals surface area contributed by atoms with Gasteiger partial charge in [0.1, 0.15) is 4.88 Å². The number of nitrogens with one attached hydrogen (secondary N) is 1. The molecule has 3 rings (SSSR count). The third-order valence-corrected chi connectivity index (χ3v) is 4.85. The van der Waals surface area contributed by atoms with Crippen LogP contribution < -0.4 is 14.9 Å². The molecule has 1 heterocycles. The van der Waals surface area contributed by atoms with Crippen molar-refractivity contribution in [3.63, 3.8) is 0 Å². The molecule has 3 aromatic rings. The van der Waals surface area contributed by atoms with E-state index in [1.165, 1.54) is 18.4 Å². The summed E-state index contributed by atoms with van der Waals surface area (Å²) < 4.78 is 15.7. The van der Waals surface area contributed by atoms with Crippen LogP contribution in [0, 0.1) is 0 Å². The number of benzene rings is 2. The maximum Gasteiger partial charge on any atom is 0.350 e. The van der Waals surface area contributed by atoms with Gasteiger partial charge in [-0.15, -0.1) is 0 Å². The Morgan fingerprint density at radius 1 is 1.17 bits per heavy atom. The summed E-state index contributed by atoms with van der Waals surface area (Å²) in [6, 6.07) is 15.0. The second-order valence-electron chi connectivity index (χ2n) is 5.77. The number of carbonyl (C=O) groups excluding carboxylic acids is 1. The van der Waals surface area contributed by atoms with Gasteiger partial charge in [-0.05, 0) is 30.7 Å². The maximum atomic E-state index is 12.1. The summed E-state index contributed by atoms with van der Waals surface area (Å²) >= 11 is 1.18. The maximum absolute atomic E-state index is 12.1. The van der Waals surface area contributed by atoms with Crippen LogP contribution in [0.4, 0.5) is 5.13 Å². The van der Waals surface area contributed by atoms with E-state index < -0.39 is 5.97 Å². The molecule has 0 saturated heterocycles. The van der Waals surface area contributed by atoms with Crippen molar-refractivity contribution in [3.8, 4) is 22.8 Å². The van der Waals surface area contributed by atoms with Gasteiger partial charge in [0.15, 0.2) is 11.5 Å². The second-order valence-corrected chi connectivity index (χ2v) is 6.77. The first kappa shape index (κ1) is 20.3.